The third kappa shape index (κ3) is 3.44. The van der Waals surface area contributed by atoms with Gasteiger partial charge in [-0.3, -0.25) is 4.79 Å². The van der Waals surface area contributed by atoms with Crippen LogP contribution in [0.5, 0.6) is 0 Å². The molecular weight excluding hydrogens is 264 g/mol. The van der Waals surface area contributed by atoms with Crippen molar-refractivity contribution in [3.8, 4) is 0 Å². The number of ether oxygens (including phenoxy) is 1. The Morgan fingerprint density at radius 2 is 2.32 bits per heavy atom. The zero-order valence-electron chi connectivity index (χ0n) is 11.2. The molecule has 0 fully saturated rings. The van der Waals surface area contributed by atoms with Crippen molar-refractivity contribution < 1.29 is 9.53 Å². The summed E-state index contributed by atoms with van der Waals surface area (Å²) in [6.45, 7) is 5.69. The molecule has 2 rings (SSSR count). The molecule has 7 heteroatoms. The SMILES string of the molecule is CCc1cc(SCC(=O)OC(C)C)n2ncnc2n1. The second kappa shape index (κ2) is 6.01. The third-order valence-electron chi connectivity index (χ3n) is 2.34. The quantitative estimate of drug-likeness (QED) is 0.472. The Kier molecular flexibility index (Phi) is 4.36. The summed E-state index contributed by atoms with van der Waals surface area (Å²) in [6, 6.07) is 1.93. The van der Waals surface area contributed by atoms with Gasteiger partial charge in [0.25, 0.3) is 5.78 Å². The van der Waals surface area contributed by atoms with Crippen LogP contribution in [-0.4, -0.2) is 37.4 Å². The molecule has 0 saturated heterocycles. The highest BCUT2D eigenvalue weighted by atomic mass is 32.2. The van der Waals surface area contributed by atoms with E-state index in [4.69, 9.17) is 4.74 Å². The molecule has 19 heavy (non-hydrogen) atoms. The first kappa shape index (κ1) is 13.8. The molecule has 0 atom stereocenters. The predicted molar refractivity (Wildman–Crippen MR) is 72.1 cm³/mol. The molecule has 0 N–H and O–H groups in total. The standard InChI is InChI=1S/C12H16N4O2S/c1-4-9-5-10(16-12(15-9)13-7-14-16)19-6-11(17)18-8(2)3/h5,7-8H,4,6H2,1-3H3. The molecule has 0 aliphatic rings. The van der Waals surface area contributed by atoms with E-state index in [2.05, 4.69) is 15.1 Å². The van der Waals surface area contributed by atoms with Crippen molar-refractivity contribution in [3.05, 3.63) is 18.1 Å². The first-order valence-electron chi connectivity index (χ1n) is 6.12. The number of nitrogens with zero attached hydrogens (tertiary/aromatic N) is 4. The Balaban J connectivity index is 2.15. The lowest BCUT2D eigenvalue weighted by Crippen LogP contribution is -2.13. The highest BCUT2D eigenvalue weighted by molar-refractivity contribution is 7.99. The van der Waals surface area contributed by atoms with Gasteiger partial charge in [-0.25, -0.2) is 4.98 Å². The third-order valence-corrected chi connectivity index (χ3v) is 3.31. The number of aryl methyl sites for hydroxylation is 1. The second-order valence-corrected chi connectivity index (χ2v) is 5.23. The van der Waals surface area contributed by atoms with Crippen LogP contribution in [-0.2, 0) is 16.0 Å². The molecule has 6 nitrogen and oxygen atoms in total. The summed E-state index contributed by atoms with van der Waals surface area (Å²) in [7, 11) is 0. The fourth-order valence-electron chi connectivity index (χ4n) is 1.55. The molecule has 0 spiro atoms. The van der Waals surface area contributed by atoms with Crippen molar-refractivity contribution in [3.63, 3.8) is 0 Å². The minimum atomic E-state index is -0.233. The lowest BCUT2D eigenvalue weighted by atomic mass is 10.3. The number of rotatable bonds is 5. The van der Waals surface area contributed by atoms with Gasteiger partial charge >= 0.3 is 5.97 Å². The molecule has 2 heterocycles. The zero-order valence-corrected chi connectivity index (χ0v) is 12.0. The number of fused-ring (bicyclic) bond motifs is 1. The van der Waals surface area contributed by atoms with Crippen molar-refractivity contribution in [1.29, 1.82) is 0 Å². The van der Waals surface area contributed by atoms with E-state index in [1.807, 2.05) is 26.8 Å². The number of hydrogen-bond donors (Lipinski definition) is 0. The summed E-state index contributed by atoms with van der Waals surface area (Å²) < 4.78 is 6.73. The normalized spacial score (nSPS) is 11.2. The molecule has 0 unspecified atom stereocenters. The van der Waals surface area contributed by atoms with Gasteiger partial charge in [-0.2, -0.15) is 14.6 Å². The minimum absolute atomic E-state index is 0.0943. The van der Waals surface area contributed by atoms with E-state index < -0.39 is 0 Å². The van der Waals surface area contributed by atoms with Crippen molar-refractivity contribution in [1.82, 2.24) is 19.6 Å². The van der Waals surface area contributed by atoms with Crippen LogP contribution in [0.15, 0.2) is 17.4 Å². The maximum atomic E-state index is 11.6. The average Bonchev–Trinajstić information content (AvgIpc) is 2.82. The largest absolute Gasteiger partial charge is 0.462 e. The molecule has 0 saturated carbocycles. The Hall–Kier alpha value is -1.63. The van der Waals surface area contributed by atoms with Gasteiger partial charge in [0, 0.05) is 5.69 Å². The average molecular weight is 280 g/mol. The van der Waals surface area contributed by atoms with Crippen molar-refractivity contribution in [2.24, 2.45) is 0 Å². The van der Waals surface area contributed by atoms with Crippen LogP contribution in [0.25, 0.3) is 5.78 Å². The van der Waals surface area contributed by atoms with E-state index in [1.165, 1.54) is 18.1 Å². The first-order valence-corrected chi connectivity index (χ1v) is 7.10. The minimum Gasteiger partial charge on any atom is -0.462 e. The molecular formula is C12H16N4O2S. The Bertz CT molecular complexity index is 582. The topological polar surface area (TPSA) is 69.4 Å². The van der Waals surface area contributed by atoms with Crippen LogP contribution >= 0.6 is 11.8 Å². The Morgan fingerprint density at radius 3 is 3.00 bits per heavy atom. The smallest absolute Gasteiger partial charge is 0.316 e. The van der Waals surface area contributed by atoms with Gasteiger partial charge in [0.2, 0.25) is 0 Å². The summed E-state index contributed by atoms with van der Waals surface area (Å²) in [5.74, 6) is 0.572. The van der Waals surface area contributed by atoms with E-state index in [0.717, 1.165) is 17.1 Å². The lowest BCUT2D eigenvalue weighted by Gasteiger charge is -2.08. The van der Waals surface area contributed by atoms with Gasteiger partial charge in [0.1, 0.15) is 11.4 Å². The number of carbonyl (C=O) groups is 1. The fraction of sp³-hybridized carbons (Fsp3) is 0.500. The number of hydrogen-bond acceptors (Lipinski definition) is 6. The van der Waals surface area contributed by atoms with Crippen LogP contribution in [0.2, 0.25) is 0 Å². The predicted octanol–water partition coefficient (Wildman–Crippen LogP) is 1.73. The molecule has 0 aliphatic carbocycles. The summed E-state index contributed by atoms with van der Waals surface area (Å²) in [4.78, 5) is 20.0. The molecule has 102 valence electrons. The van der Waals surface area contributed by atoms with Gasteiger partial charge in [-0.1, -0.05) is 18.7 Å². The van der Waals surface area contributed by atoms with Crippen molar-refractivity contribution in [2.75, 3.05) is 5.75 Å². The van der Waals surface area contributed by atoms with E-state index >= 15 is 0 Å². The summed E-state index contributed by atoms with van der Waals surface area (Å²) in [6.07, 6.45) is 2.18. The van der Waals surface area contributed by atoms with E-state index in [-0.39, 0.29) is 17.8 Å². The first-order chi connectivity index (χ1) is 9.10. The monoisotopic (exact) mass is 280 g/mol. The molecule has 0 aliphatic heterocycles. The van der Waals surface area contributed by atoms with Crippen LogP contribution in [0.1, 0.15) is 26.5 Å². The maximum Gasteiger partial charge on any atom is 0.316 e. The van der Waals surface area contributed by atoms with Crippen LogP contribution in [0.4, 0.5) is 0 Å². The number of aromatic nitrogens is 4. The molecule has 2 aromatic heterocycles. The fourth-order valence-corrected chi connectivity index (χ4v) is 2.35. The molecule has 0 amide bonds. The summed E-state index contributed by atoms with van der Waals surface area (Å²) in [5.41, 5.74) is 0.931. The summed E-state index contributed by atoms with van der Waals surface area (Å²) >= 11 is 1.38. The van der Waals surface area contributed by atoms with Gasteiger partial charge in [-0.05, 0) is 26.3 Å². The van der Waals surface area contributed by atoms with E-state index in [0.29, 0.717) is 5.78 Å². The molecule has 2 aromatic rings. The second-order valence-electron chi connectivity index (χ2n) is 4.24. The van der Waals surface area contributed by atoms with Crippen LogP contribution in [0, 0.1) is 0 Å². The van der Waals surface area contributed by atoms with Crippen LogP contribution in [0.3, 0.4) is 0 Å². The number of esters is 1. The van der Waals surface area contributed by atoms with Gasteiger partial charge < -0.3 is 4.74 Å². The highest BCUT2D eigenvalue weighted by Gasteiger charge is 2.11. The summed E-state index contributed by atoms with van der Waals surface area (Å²) in [5, 5.41) is 4.95. The zero-order chi connectivity index (χ0) is 13.8. The molecule has 0 bridgehead atoms. The van der Waals surface area contributed by atoms with Gasteiger partial charge in [-0.15, -0.1) is 0 Å². The van der Waals surface area contributed by atoms with Gasteiger partial charge in [0.05, 0.1) is 11.9 Å². The van der Waals surface area contributed by atoms with E-state index in [1.54, 1.807) is 4.52 Å². The molecule has 0 aromatic carbocycles. The van der Waals surface area contributed by atoms with Gasteiger partial charge in [0.15, 0.2) is 0 Å². The highest BCUT2D eigenvalue weighted by Crippen LogP contribution is 2.19. The molecule has 0 radical (unpaired) electrons. The van der Waals surface area contributed by atoms with Crippen molar-refractivity contribution >= 4 is 23.5 Å². The lowest BCUT2D eigenvalue weighted by molar-refractivity contribution is -0.144. The Labute approximate surface area is 115 Å². The van der Waals surface area contributed by atoms with Crippen molar-refractivity contribution in [2.45, 2.75) is 38.3 Å². The van der Waals surface area contributed by atoms with Crippen LogP contribution < -0.4 is 0 Å². The Morgan fingerprint density at radius 1 is 1.53 bits per heavy atom. The number of thioether (sulfide) groups is 1. The van der Waals surface area contributed by atoms with E-state index in [9.17, 15) is 4.79 Å². The maximum absolute atomic E-state index is 11.6. The number of carbonyl (C=O) groups excluding carboxylic acids is 1.